The molecule has 2 aromatic rings. The molecule has 7 heteroatoms. The highest BCUT2D eigenvalue weighted by Gasteiger charge is 2.39. The third kappa shape index (κ3) is 3.98. The van der Waals surface area contributed by atoms with Gasteiger partial charge < -0.3 is 15.1 Å². The van der Waals surface area contributed by atoms with Crippen molar-refractivity contribution >= 4 is 29.1 Å². The maximum absolute atomic E-state index is 13.2. The van der Waals surface area contributed by atoms with Crippen molar-refractivity contribution in [1.82, 2.24) is 9.80 Å². The van der Waals surface area contributed by atoms with Gasteiger partial charge >= 0.3 is 0 Å². The van der Waals surface area contributed by atoms with E-state index in [4.69, 9.17) is 23.2 Å². The summed E-state index contributed by atoms with van der Waals surface area (Å²) < 4.78 is 0. The van der Waals surface area contributed by atoms with Crippen LogP contribution in [-0.4, -0.2) is 52.1 Å². The summed E-state index contributed by atoms with van der Waals surface area (Å²) in [6.07, 6.45) is 4.06. The first-order valence-corrected chi connectivity index (χ1v) is 11.1. The molecular formula is C23H26Cl2N2O3. The van der Waals surface area contributed by atoms with E-state index in [1.165, 1.54) is 6.07 Å². The smallest absolute Gasteiger partial charge is 0.227 e. The molecule has 0 unspecified atom stereocenters. The number of nitrogens with zero attached hydrogens (tertiary/aromatic N) is 2. The number of carbonyl (C=O) groups excluding carboxylic acids is 1. The molecule has 30 heavy (non-hydrogen) atoms. The standard InChI is InChI=1S/C23H26Cl2N2O3/c1-26(21(29)13-14-4-7-17(24)18(25)12-14)22-15-6-9-20(28)23(30)16(15)5-8-19(22)27-10-2-3-11-27/h4,6-7,9,12,19,22,28,30H,2-3,5,8,10-11,13H2,1H3/t19-,22-/m0/s1. The maximum atomic E-state index is 13.2. The number of aromatic hydroxyl groups is 2. The summed E-state index contributed by atoms with van der Waals surface area (Å²) in [4.78, 5) is 17.5. The Morgan fingerprint density at radius 2 is 1.87 bits per heavy atom. The minimum atomic E-state index is -0.186. The largest absolute Gasteiger partial charge is 0.504 e. The van der Waals surface area contributed by atoms with Crippen molar-refractivity contribution in [1.29, 1.82) is 0 Å². The van der Waals surface area contributed by atoms with Crippen LogP contribution >= 0.6 is 23.2 Å². The predicted octanol–water partition coefficient (Wildman–Crippen LogP) is 4.56. The minimum absolute atomic E-state index is 0.0250. The highest BCUT2D eigenvalue weighted by Crippen LogP contribution is 2.44. The molecule has 0 spiro atoms. The highest BCUT2D eigenvalue weighted by atomic mass is 35.5. The van der Waals surface area contributed by atoms with Crippen molar-refractivity contribution in [3.63, 3.8) is 0 Å². The number of rotatable bonds is 4. The number of halogens is 2. The van der Waals surface area contributed by atoms with Crippen molar-refractivity contribution in [3.05, 3.63) is 57.1 Å². The lowest BCUT2D eigenvalue weighted by molar-refractivity contribution is -0.133. The van der Waals surface area contributed by atoms with Crippen molar-refractivity contribution < 1.29 is 15.0 Å². The summed E-state index contributed by atoms with van der Waals surface area (Å²) in [7, 11) is 1.83. The number of amides is 1. The number of hydrogen-bond acceptors (Lipinski definition) is 4. The zero-order valence-electron chi connectivity index (χ0n) is 16.9. The van der Waals surface area contributed by atoms with Crippen LogP contribution in [0.5, 0.6) is 11.5 Å². The van der Waals surface area contributed by atoms with Gasteiger partial charge in [0.15, 0.2) is 11.5 Å². The molecule has 1 aliphatic heterocycles. The quantitative estimate of drug-likeness (QED) is 0.672. The van der Waals surface area contributed by atoms with E-state index in [9.17, 15) is 15.0 Å². The molecule has 2 atom stereocenters. The summed E-state index contributed by atoms with van der Waals surface area (Å²) in [5, 5.41) is 21.3. The average molecular weight is 449 g/mol. The molecule has 1 aliphatic carbocycles. The van der Waals surface area contributed by atoms with Gasteiger partial charge in [0.2, 0.25) is 5.91 Å². The number of hydrogen-bond donors (Lipinski definition) is 2. The molecule has 0 bridgehead atoms. The second-order valence-corrected chi connectivity index (χ2v) is 9.04. The van der Waals surface area contributed by atoms with Gasteiger partial charge in [-0.05, 0) is 68.1 Å². The fourth-order valence-electron chi connectivity index (χ4n) is 4.86. The lowest BCUT2D eigenvalue weighted by Gasteiger charge is -2.43. The van der Waals surface area contributed by atoms with Gasteiger partial charge in [-0.3, -0.25) is 9.69 Å². The van der Waals surface area contributed by atoms with Gasteiger partial charge in [-0.1, -0.05) is 35.3 Å². The zero-order valence-corrected chi connectivity index (χ0v) is 18.5. The topological polar surface area (TPSA) is 64.0 Å². The van der Waals surface area contributed by atoms with Crippen molar-refractivity contribution in [2.75, 3.05) is 20.1 Å². The first-order chi connectivity index (χ1) is 14.4. The molecule has 1 heterocycles. The Morgan fingerprint density at radius 3 is 2.57 bits per heavy atom. The normalized spacial score (nSPS) is 21.4. The Hall–Kier alpha value is -1.95. The maximum Gasteiger partial charge on any atom is 0.227 e. The fraction of sp³-hybridized carbons (Fsp3) is 0.435. The number of likely N-dealkylation sites (N-methyl/N-ethyl adjacent to an activating group) is 1. The summed E-state index contributed by atoms with van der Waals surface area (Å²) >= 11 is 12.1. The number of phenols is 2. The summed E-state index contributed by atoms with van der Waals surface area (Å²) in [5.41, 5.74) is 2.46. The van der Waals surface area contributed by atoms with Crippen LogP contribution in [0.3, 0.4) is 0 Å². The second kappa shape index (κ2) is 8.66. The van der Waals surface area contributed by atoms with Crippen molar-refractivity contribution in [2.45, 2.75) is 44.2 Å². The van der Waals surface area contributed by atoms with E-state index in [1.807, 2.05) is 19.2 Å². The Labute approximate surface area is 186 Å². The number of fused-ring (bicyclic) bond motifs is 1. The molecule has 2 aliphatic rings. The van der Waals surface area contributed by atoms with Crippen LogP contribution in [0.15, 0.2) is 30.3 Å². The molecule has 0 saturated carbocycles. The van der Waals surface area contributed by atoms with Gasteiger partial charge in [-0.25, -0.2) is 0 Å². The molecule has 1 saturated heterocycles. The van der Waals surface area contributed by atoms with E-state index in [0.29, 0.717) is 16.5 Å². The predicted molar refractivity (Wildman–Crippen MR) is 118 cm³/mol. The van der Waals surface area contributed by atoms with Crippen LogP contribution < -0.4 is 0 Å². The van der Waals surface area contributed by atoms with Crippen LogP contribution in [0, 0.1) is 0 Å². The lowest BCUT2D eigenvalue weighted by Crippen LogP contribution is -2.48. The Morgan fingerprint density at radius 1 is 1.13 bits per heavy atom. The second-order valence-electron chi connectivity index (χ2n) is 8.22. The minimum Gasteiger partial charge on any atom is -0.504 e. The molecule has 1 amide bonds. The van der Waals surface area contributed by atoms with Gasteiger partial charge in [-0.2, -0.15) is 0 Å². The average Bonchev–Trinajstić information content (AvgIpc) is 3.27. The third-order valence-electron chi connectivity index (χ3n) is 6.43. The molecule has 0 radical (unpaired) electrons. The fourth-order valence-corrected chi connectivity index (χ4v) is 5.18. The molecule has 4 rings (SSSR count). The molecular weight excluding hydrogens is 423 g/mol. The molecule has 2 N–H and O–H groups in total. The molecule has 160 valence electrons. The number of carbonyl (C=O) groups is 1. The van der Waals surface area contributed by atoms with Crippen LogP contribution in [0.25, 0.3) is 0 Å². The van der Waals surface area contributed by atoms with E-state index in [2.05, 4.69) is 4.90 Å². The first-order valence-electron chi connectivity index (χ1n) is 10.3. The SMILES string of the molecule is CN(C(=O)Cc1ccc(Cl)c(Cl)c1)[C@H]1c2ccc(O)c(O)c2CC[C@@H]1N1CCCC1. The molecule has 0 aromatic heterocycles. The summed E-state index contributed by atoms with van der Waals surface area (Å²) in [5.74, 6) is -0.206. The van der Waals surface area contributed by atoms with Crippen LogP contribution in [0.1, 0.15) is 42.0 Å². The van der Waals surface area contributed by atoms with E-state index in [-0.39, 0.29) is 35.9 Å². The zero-order chi connectivity index (χ0) is 21.4. The Bertz CT molecular complexity index is 960. The first kappa shape index (κ1) is 21.3. The third-order valence-corrected chi connectivity index (χ3v) is 7.17. The molecule has 2 aromatic carbocycles. The summed E-state index contributed by atoms with van der Waals surface area (Å²) in [6, 6.07) is 8.62. The molecule has 5 nitrogen and oxygen atoms in total. The van der Waals surface area contributed by atoms with Gasteiger partial charge in [-0.15, -0.1) is 0 Å². The van der Waals surface area contributed by atoms with Gasteiger partial charge in [0.25, 0.3) is 0 Å². The van der Waals surface area contributed by atoms with Crippen molar-refractivity contribution in [2.24, 2.45) is 0 Å². The number of phenolic OH excluding ortho intramolecular Hbond substituents is 2. The molecule has 1 fully saturated rings. The Kier molecular flexibility index (Phi) is 6.14. The number of benzene rings is 2. The van der Waals surface area contributed by atoms with E-state index >= 15 is 0 Å². The van der Waals surface area contributed by atoms with Gasteiger partial charge in [0.1, 0.15) is 0 Å². The number of likely N-dealkylation sites (tertiary alicyclic amines) is 1. The van der Waals surface area contributed by atoms with Crippen LogP contribution in [0.4, 0.5) is 0 Å². The monoisotopic (exact) mass is 448 g/mol. The van der Waals surface area contributed by atoms with Gasteiger partial charge in [0.05, 0.1) is 22.5 Å². The van der Waals surface area contributed by atoms with E-state index in [0.717, 1.165) is 49.0 Å². The van der Waals surface area contributed by atoms with E-state index < -0.39 is 0 Å². The van der Waals surface area contributed by atoms with Crippen LogP contribution in [0.2, 0.25) is 10.0 Å². The van der Waals surface area contributed by atoms with Gasteiger partial charge in [0, 0.05) is 18.7 Å². The lowest BCUT2D eigenvalue weighted by atomic mass is 9.81. The van der Waals surface area contributed by atoms with Crippen LogP contribution in [-0.2, 0) is 17.6 Å². The highest BCUT2D eigenvalue weighted by molar-refractivity contribution is 6.42. The van der Waals surface area contributed by atoms with Crippen molar-refractivity contribution in [3.8, 4) is 11.5 Å². The Balaban J connectivity index is 1.65. The summed E-state index contributed by atoms with van der Waals surface area (Å²) in [6.45, 7) is 2.05. The van der Waals surface area contributed by atoms with E-state index in [1.54, 1.807) is 17.0 Å².